The number of carbonyl (C=O) groups excluding carboxylic acids is 5. The number of carboxylic acids is 1. The summed E-state index contributed by atoms with van der Waals surface area (Å²) in [5.41, 5.74) is 15.6. The molecule has 0 radical (unpaired) electrons. The molecule has 0 heterocycles. The molecule has 0 aromatic rings. The van der Waals surface area contributed by atoms with Gasteiger partial charge in [0.05, 0.1) is 6.04 Å². The van der Waals surface area contributed by atoms with E-state index in [1.165, 1.54) is 13.8 Å². The number of nitrogens with two attached hydrogens (primary N) is 3. The van der Waals surface area contributed by atoms with Gasteiger partial charge in [0, 0.05) is 12.8 Å². The van der Waals surface area contributed by atoms with E-state index < -0.39 is 59.7 Å². The molecule has 4 unspecified atom stereocenters. The molecule has 0 saturated heterocycles. The number of primary amides is 2. The molecule has 13 heteroatoms. The normalized spacial score (nSPS) is 14.6. The molecule has 0 spiro atoms. The van der Waals surface area contributed by atoms with E-state index in [1.807, 2.05) is 0 Å². The SMILES string of the molecule is CC(NC(=O)C(CCC(N)=O)NC(=O)C(C)NC(=O)C(N)CCC(N)=O)C(=O)O. The lowest BCUT2D eigenvalue weighted by Gasteiger charge is -2.22. The molecule has 164 valence electrons. The molecule has 0 aromatic carbocycles. The van der Waals surface area contributed by atoms with Gasteiger partial charge in [0.2, 0.25) is 29.5 Å². The molecule has 0 saturated carbocycles. The summed E-state index contributed by atoms with van der Waals surface area (Å²) in [5.74, 6) is -4.93. The zero-order chi connectivity index (χ0) is 22.7. The van der Waals surface area contributed by atoms with Crippen molar-refractivity contribution >= 4 is 35.5 Å². The fourth-order valence-electron chi connectivity index (χ4n) is 2.04. The topological polar surface area (TPSA) is 237 Å². The predicted octanol–water partition coefficient (Wildman–Crippen LogP) is -3.58. The van der Waals surface area contributed by atoms with E-state index in [9.17, 15) is 28.8 Å². The molecule has 5 amide bonds. The van der Waals surface area contributed by atoms with E-state index in [1.54, 1.807) is 0 Å². The lowest BCUT2D eigenvalue weighted by molar-refractivity contribution is -0.142. The van der Waals surface area contributed by atoms with E-state index in [0.29, 0.717) is 0 Å². The van der Waals surface area contributed by atoms with Crippen LogP contribution in [-0.4, -0.2) is 64.8 Å². The number of carboxylic acid groups (broad SMARTS) is 1. The molecule has 10 N–H and O–H groups in total. The molecule has 0 fully saturated rings. The fraction of sp³-hybridized carbons (Fsp3) is 0.625. The van der Waals surface area contributed by atoms with Gasteiger partial charge in [-0.25, -0.2) is 0 Å². The van der Waals surface area contributed by atoms with E-state index in [-0.39, 0.29) is 25.7 Å². The van der Waals surface area contributed by atoms with Gasteiger partial charge >= 0.3 is 5.97 Å². The van der Waals surface area contributed by atoms with Crippen molar-refractivity contribution in [1.29, 1.82) is 0 Å². The van der Waals surface area contributed by atoms with Crippen LogP contribution < -0.4 is 33.2 Å². The van der Waals surface area contributed by atoms with Gasteiger partial charge in [-0.2, -0.15) is 0 Å². The Morgan fingerprint density at radius 3 is 1.72 bits per heavy atom. The summed E-state index contributed by atoms with van der Waals surface area (Å²) in [7, 11) is 0. The highest BCUT2D eigenvalue weighted by Gasteiger charge is 2.27. The molecule has 13 nitrogen and oxygen atoms in total. The highest BCUT2D eigenvalue weighted by molar-refractivity contribution is 5.94. The minimum absolute atomic E-state index is 0.00771. The number of carbonyl (C=O) groups is 6. The molecule has 0 bridgehead atoms. The second kappa shape index (κ2) is 12.3. The van der Waals surface area contributed by atoms with Crippen LogP contribution in [0.25, 0.3) is 0 Å². The van der Waals surface area contributed by atoms with E-state index >= 15 is 0 Å². The van der Waals surface area contributed by atoms with Crippen LogP contribution in [0.15, 0.2) is 0 Å². The number of hydrogen-bond acceptors (Lipinski definition) is 7. The Bertz CT molecular complexity index is 654. The third-order valence-electron chi connectivity index (χ3n) is 3.83. The van der Waals surface area contributed by atoms with Crippen LogP contribution in [0.5, 0.6) is 0 Å². The van der Waals surface area contributed by atoms with Crippen LogP contribution in [-0.2, 0) is 28.8 Å². The van der Waals surface area contributed by atoms with E-state index in [4.69, 9.17) is 22.3 Å². The molecule has 0 rings (SSSR count). The van der Waals surface area contributed by atoms with Gasteiger partial charge in [0.25, 0.3) is 0 Å². The minimum Gasteiger partial charge on any atom is -0.480 e. The first-order valence-corrected chi connectivity index (χ1v) is 8.81. The average molecular weight is 416 g/mol. The lowest BCUT2D eigenvalue weighted by atomic mass is 10.1. The monoisotopic (exact) mass is 416 g/mol. The predicted molar refractivity (Wildman–Crippen MR) is 99.6 cm³/mol. The van der Waals surface area contributed by atoms with Gasteiger partial charge < -0.3 is 38.3 Å². The molecular weight excluding hydrogens is 388 g/mol. The fourth-order valence-corrected chi connectivity index (χ4v) is 2.04. The number of nitrogens with one attached hydrogen (secondary N) is 3. The number of amides is 5. The molecule has 29 heavy (non-hydrogen) atoms. The van der Waals surface area contributed by atoms with Gasteiger partial charge in [-0.15, -0.1) is 0 Å². The highest BCUT2D eigenvalue weighted by atomic mass is 16.4. The van der Waals surface area contributed by atoms with Crippen LogP contribution in [0.3, 0.4) is 0 Å². The average Bonchev–Trinajstić information content (AvgIpc) is 2.61. The maximum atomic E-state index is 12.3. The standard InChI is InChI=1S/C16H28N6O7/c1-7(20-14(26)9(17)3-5-11(18)23)13(25)22-10(4-6-12(19)24)15(27)21-8(2)16(28)29/h7-10H,3-6,17H2,1-2H3,(H2,18,23)(H2,19,24)(H,20,26)(H,21,27)(H,22,25)(H,28,29). The second-order valence-corrected chi connectivity index (χ2v) is 6.48. The molecule has 0 aliphatic rings. The summed E-state index contributed by atoms with van der Waals surface area (Å²) in [6, 6.07) is -4.65. The maximum absolute atomic E-state index is 12.3. The Hall–Kier alpha value is -3.22. The zero-order valence-electron chi connectivity index (χ0n) is 16.3. The Balaban J connectivity index is 4.93. The van der Waals surface area contributed by atoms with Crippen molar-refractivity contribution in [2.75, 3.05) is 0 Å². The number of hydrogen-bond donors (Lipinski definition) is 7. The lowest BCUT2D eigenvalue weighted by Crippen LogP contribution is -2.56. The first-order chi connectivity index (χ1) is 13.3. The van der Waals surface area contributed by atoms with Crippen molar-refractivity contribution in [3.8, 4) is 0 Å². The third-order valence-corrected chi connectivity index (χ3v) is 3.83. The first kappa shape index (κ1) is 25.8. The van der Waals surface area contributed by atoms with Crippen LogP contribution in [0.2, 0.25) is 0 Å². The van der Waals surface area contributed by atoms with Crippen molar-refractivity contribution in [3.63, 3.8) is 0 Å². The molecule has 0 aliphatic heterocycles. The largest absolute Gasteiger partial charge is 0.480 e. The van der Waals surface area contributed by atoms with Crippen molar-refractivity contribution in [2.45, 2.75) is 63.7 Å². The Labute approximate surface area is 167 Å². The summed E-state index contributed by atoms with van der Waals surface area (Å²) >= 11 is 0. The number of rotatable bonds is 13. The summed E-state index contributed by atoms with van der Waals surface area (Å²) in [6.45, 7) is 2.56. The molecule has 4 atom stereocenters. The van der Waals surface area contributed by atoms with Gasteiger partial charge in [-0.1, -0.05) is 0 Å². The summed E-state index contributed by atoms with van der Waals surface area (Å²) in [4.78, 5) is 69.0. The molecular formula is C16H28N6O7. The van der Waals surface area contributed by atoms with Crippen molar-refractivity contribution in [2.24, 2.45) is 17.2 Å². The Kier molecular flexibility index (Phi) is 10.9. The summed E-state index contributed by atoms with van der Waals surface area (Å²) in [6.07, 6.45) is -0.519. The summed E-state index contributed by atoms with van der Waals surface area (Å²) < 4.78 is 0. The van der Waals surface area contributed by atoms with Crippen LogP contribution in [0.1, 0.15) is 39.5 Å². The van der Waals surface area contributed by atoms with Crippen LogP contribution >= 0.6 is 0 Å². The van der Waals surface area contributed by atoms with Crippen molar-refractivity contribution < 1.29 is 33.9 Å². The zero-order valence-corrected chi connectivity index (χ0v) is 16.3. The van der Waals surface area contributed by atoms with Gasteiger partial charge in [0.1, 0.15) is 18.1 Å². The van der Waals surface area contributed by atoms with Crippen LogP contribution in [0, 0.1) is 0 Å². The molecule has 0 aromatic heterocycles. The smallest absolute Gasteiger partial charge is 0.325 e. The summed E-state index contributed by atoms with van der Waals surface area (Å²) in [5, 5.41) is 15.7. The third kappa shape index (κ3) is 10.6. The van der Waals surface area contributed by atoms with E-state index in [2.05, 4.69) is 16.0 Å². The maximum Gasteiger partial charge on any atom is 0.325 e. The quantitative estimate of drug-likeness (QED) is 0.158. The van der Waals surface area contributed by atoms with Gasteiger partial charge in [0.15, 0.2) is 0 Å². The minimum atomic E-state index is -1.29. The van der Waals surface area contributed by atoms with Crippen molar-refractivity contribution in [3.05, 3.63) is 0 Å². The van der Waals surface area contributed by atoms with Gasteiger partial charge in [-0.05, 0) is 26.7 Å². The van der Waals surface area contributed by atoms with E-state index in [0.717, 1.165) is 0 Å². The number of aliphatic carboxylic acids is 1. The Morgan fingerprint density at radius 2 is 1.24 bits per heavy atom. The van der Waals surface area contributed by atoms with Gasteiger partial charge in [-0.3, -0.25) is 28.8 Å². The van der Waals surface area contributed by atoms with Crippen LogP contribution in [0.4, 0.5) is 0 Å². The van der Waals surface area contributed by atoms with Crippen molar-refractivity contribution in [1.82, 2.24) is 16.0 Å². The molecule has 0 aliphatic carbocycles. The second-order valence-electron chi connectivity index (χ2n) is 6.48. The highest BCUT2D eigenvalue weighted by Crippen LogP contribution is 2.01. The first-order valence-electron chi connectivity index (χ1n) is 8.81. The Morgan fingerprint density at radius 1 is 0.759 bits per heavy atom.